The van der Waals surface area contributed by atoms with Crippen molar-refractivity contribution in [3.8, 4) is 0 Å². The summed E-state index contributed by atoms with van der Waals surface area (Å²) in [6, 6.07) is 11.3. The van der Waals surface area contributed by atoms with Crippen LogP contribution >= 0.6 is 0 Å². The second kappa shape index (κ2) is 19.7. The molecule has 0 spiro atoms. The number of hydrogen-bond acceptors (Lipinski definition) is 18. The number of Topliss-reactive ketones (excluding diaryl/α,β-unsaturated/α-hetero) is 1. The average Bonchev–Trinajstić information content (AvgIpc) is 3.01. The van der Waals surface area contributed by atoms with Crippen molar-refractivity contribution < 1.29 is 180 Å². The summed E-state index contributed by atoms with van der Waals surface area (Å²) in [5.74, 6) is -2.18. The minimum Gasteiger partial charge on any atom is -0.744 e. The molecule has 5 rings (SSSR count). The van der Waals surface area contributed by atoms with Crippen LogP contribution in [0.25, 0.3) is 16.8 Å². The molecular formula is C28H17N5Na4O14S4. The van der Waals surface area contributed by atoms with Gasteiger partial charge in [0.2, 0.25) is 11.7 Å². The number of rotatable bonds is 9. The molecule has 4 aromatic carbocycles. The number of benzene rings is 4. The van der Waals surface area contributed by atoms with Crippen molar-refractivity contribution in [2.75, 3.05) is 10.7 Å². The molecule has 0 aromatic heterocycles. The van der Waals surface area contributed by atoms with E-state index < -0.39 is 88.6 Å². The van der Waals surface area contributed by atoms with Gasteiger partial charge in [-0.2, -0.15) is 10.2 Å². The number of carbonyl (C=O) groups excluding carboxylic acids is 2. The molecule has 0 bridgehead atoms. The van der Waals surface area contributed by atoms with Crippen LogP contribution in [0.3, 0.4) is 0 Å². The maximum Gasteiger partial charge on any atom is 1.00 e. The third kappa shape index (κ3) is 12.1. The minimum atomic E-state index is -5.64. The number of hydrazone groups is 1. The summed E-state index contributed by atoms with van der Waals surface area (Å²) >= 11 is 0. The summed E-state index contributed by atoms with van der Waals surface area (Å²) in [7, 11) is -20.8. The van der Waals surface area contributed by atoms with Crippen LogP contribution in [-0.4, -0.2) is 69.3 Å². The second-order valence-electron chi connectivity index (χ2n) is 10.3. The van der Waals surface area contributed by atoms with Gasteiger partial charge in [0.1, 0.15) is 46.2 Å². The molecule has 4 aromatic rings. The van der Waals surface area contributed by atoms with E-state index in [1.807, 2.05) is 0 Å². The normalized spacial score (nSPS) is 13.7. The van der Waals surface area contributed by atoms with Crippen LogP contribution in [0.2, 0.25) is 0 Å². The van der Waals surface area contributed by atoms with Gasteiger partial charge in [0, 0.05) is 23.3 Å². The van der Waals surface area contributed by atoms with Gasteiger partial charge in [-0.1, -0.05) is 6.07 Å². The third-order valence-corrected chi connectivity index (χ3v) is 10.4. The van der Waals surface area contributed by atoms with E-state index in [4.69, 9.17) is 0 Å². The summed E-state index contributed by atoms with van der Waals surface area (Å²) in [6.45, 7) is 1.03. The Bertz CT molecular complexity index is 2750. The number of azo groups is 1. The van der Waals surface area contributed by atoms with Crippen molar-refractivity contribution in [2.45, 2.75) is 21.6 Å². The first kappa shape index (κ1) is 51.7. The molecular weight excluding hydrogens is 851 g/mol. The van der Waals surface area contributed by atoms with E-state index >= 15 is 0 Å². The number of carbonyl (C=O) groups is 2. The van der Waals surface area contributed by atoms with E-state index in [1.54, 1.807) is 0 Å². The first-order valence-corrected chi connectivity index (χ1v) is 19.2. The number of anilines is 2. The fraction of sp³-hybridized carbons (Fsp3) is 0.0357. The van der Waals surface area contributed by atoms with Crippen LogP contribution < -0.4 is 129 Å². The van der Waals surface area contributed by atoms with E-state index in [-0.39, 0.29) is 152 Å². The van der Waals surface area contributed by atoms with Gasteiger partial charge in [0.25, 0.3) is 0 Å². The average molecular weight is 868 g/mol. The Balaban J connectivity index is 0.00000378. The van der Waals surface area contributed by atoms with Crippen LogP contribution in [0.1, 0.15) is 22.8 Å². The fourth-order valence-electron chi connectivity index (χ4n) is 4.79. The van der Waals surface area contributed by atoms with E-state index in [9.17, 15) is 61.5 Å². The first-order chi connectivity index (χ1) is 23.6. The van der Waals surface area contributed by atoms with E-state index in [0.29, 0.717) is 12.1 Å². The Hall–Kier alpha value is -1.27. The topological polar surface area (TPSA) is 324 Å². The number of allylic oxidation sites excluding steroid dienone is 1. The zero-order chi connectivity index (χ0) is 37.7. The first-order valence-electron chi connectivity index (χ1n) is 13.5. The monoisotopic (exact) mass is 867 g/mol. The van der Waals surface area contributed by atoms with Crippen LogP contribution in [0.15, 0.2) is 102 Å². The van der Waals surface area contributed by atoms with Gasteiger partial charge >= 0.3 is 118 Å². The van der Waals surface area contributed by atoms with Crippen LogP contribution in [0.4, 0.5) is 22.7 Å². The number of ketones is 1. The number of nitrogens with one attached hydrogen (secondary N) is 2. The summed E-state index contributed by atoms with van der Waals surface area (Å²) < 4.78 is 142. The van der Waals surface area contributed by atoms with Gasteiger partial charge < -0.3 is 23.5 Å². The Morgan fingerprint density at radius 2 is 1.20 bits per heavy atom. The second-order valence-corrected chi connectivity index (χ2v) is 15.8. The van der Waals surface area contributed by atoms with E-state index in [2.05, 4.69) is 26.1 Å². The summed E-state index contributed by atoms with van der Waals surface area (Å²) in [4.78, 5) is 21.8. The molecule has 0 unspecified atom stereocenters. The molecule has 0 saturated heterocycles. The minimum absolute atomic E-state index is 0. The Morgan fingerprint density at radius 1 is 0.636 bits per heavy atom. The molecule has 1 aliphatic rings. The molecule has 266 valence electrons. The smallest absolute Gasteiger partial charge is 0.744 e. The van der Waals surface area contributed by atoms with Crippen molar-refractivity contribution in [1.82, 2.24) is 0 Å². The molecule has 27 heteroatoms. The molecule has 0 fully saturated rings. The third-order valence-electron chi connectivity index (χ3n) is 6.95. The van der Waals surface area contributed by atoms with E-state index in [0.717, 1.165) is 43.3 Å². The van der Waals surface area contributed by atoms with Crippen molar-refractivity contribution in [1.29, 1.82) is 0 Å². The number of hydrogen-bond donors (Lipinski definition) is 2. The molecule has 0 radical (unpaired) electrons. The zero-order valence-electron chi connectivity index (χ0n) is 29.1. The van der Waals surface area contributed by atoms with Gasteiger partial charge in [-0.05, 0) is 66.7 Å². The maximum atomic E-state index is 13.7. The van der Waals surface area contributed by atoms with Gasteiger partial charge in [-0.3, -0.25) is 15.0 Å². The number of nitrogens with zero attached hydrogens (tertiary/aromatic N) is 3. The van der Waals surface area contributed by atoms with Crippen molar-refractivity contribution in [3.05, 3.63) is 82.8 Å². The van der Waals surface area contributed by atoms with Gasteiger partial charge in [0.05, 0.1) is 47.9 Å². The molecule has 0 aliphatic heterocycles. The molecule has 2 N–H and O–H groups in total. The molecule has 1 amide bonds. The summed E-state index contributed by atoms with van der Waals surface area (Å²) in [5, 5.41) is 13.9. The Labute approximate surface area is 402 Å². The molecule has 1 aliphatic carbocycles. The number of amides is 1. The number of fused-ring (bicyclic) bond motifs is 2. The largest absolute Gasteiger partial charge is 1.00 e. The zero-order valence-corrected chi connectivity index (χ0v) is 40.4. The Morgan fingerprint density at radius 3 is 1.73 bits per heavy atom. The van der Waals surface area contributed by atoms with Crippen molar-refractivity contribution in [2.24, 2.45) is 15.3 Å². The summed E-state index contributed by atoms with van der Waals surface area (Å²) in [6.07, 6.45) is 0.429. The molecule has 0 atom stereocenters. The molecule has 0 heterocycles. The van der Waals surface area contributed by atoms with Gasteiger partial charge in [-0.15, -0.1) is 5.11 Å². The van der Waals surface area contributed by atoms with Gasteiger partial charge in [0.15, 0.2) is 0 Å². The summed E-state index contributed by atoms with van der Waals surface area (Å²) in [5.41, 5.74) is -0.758. The van der Waals surface area contributed by atoms with E-state index in [1.165, 1.54) is 24.3 Å². The van der Waals surface area contributed by atoms with Crippen LogP contribution in [0.5, 0.6) is 0 Å². The SMILES string of the molecule is CC(=O)Nc1ccc(S(=O)(=O)[O-])c2c1C(=O)/C(=N\Nc1ccc(N=Nc3ccc(S(=O)(=O)[O-])cc3)c3ccc(S(=O)(=O)[O-])cc13)C(S(=O)(=O)[O-])=C2.[Na+].[Na+].[Na+].[Na+]. The predicted molar refractivity (Wildman–Crippen MR) is 172 cm³/mol. The molecule has 19 nitrogen and oxygen atoms in total. The maximum absolute atomic E-state index is 13.7. The van der Waals surface area contributed by atoms with Crippen molar-refractivity contribution in [3.63, 3.8) is 0 Å². The fourth-order valence-corrected chi connectivity index (χ4v) is 7.05. The van der Waals surface area contributed by atoms with Gasteiger partial charge in [-0.25, -0.2) is 33.7 Å². The van der Waals surface area contributed by atoms with Crippen molar-refractivity contribution >= 4 is 97.5 Å². The van der Waals surface area contributed by atoms with Crippen LogP contribution in [0, 0.1) is 0 Å². The van der Waals surface area contributed by atoms with Crippen LogP contribution in [-0.2, 0) is 45.3 Å². The standard InChI is InChI=1S/C28H21N5O14S4.4Na/c1-14(34)29-23-10-11-24(50(42,43)44)20-13-25(51(45,46)47)27(28(35)26(20)23)33-32-22-9-8-21(18-7-6-17(12-19(18)22)49(39,40)41)31-30-15-2-4-16(5-3-15)48(36,37)38;;;;/h2-13,32H,1H3,(H,29,34)(H,36,37,38)(H,39,40,41)(H,42,43,44)(H,45,46,47);;;;/q;4*+1/p-4/b31-30?,33-27-;;;;. The molecule has 0 saturated carbocycles. The predicted octanol–water partition coefficient (Wildman–Crippen LogP) is -9.51. The molecule has 55 heavy (non-hydrogen) atoms. The quantitative estimate of drug-likeness (QED) is 0.0683. The Kier molecular flexibility index (Phi) is 18.5.